The molecule has 1 aliphatic carbocycles. The molecular weight excluding hydrogens is 310 g/mol. The first-order valence-corrected chi connectivity index (χ1v) is 9.05. The first kappa shape index (κ1) is 15.8. The van der Waals surface area contributed by atoms with E-state index in [0.717, 1.165) is 41.2 Å². The minimum absolute atomic E-state index is 0.602. The summed E-state index contributed by atoms with van der Waals surface area (Å²) in [6.07, 6.45) is 13.6. The van der Waals surface area contributed by atoms with Crippen LogP contribution < -0.4 is 5.32 Å². The fourth-order valence-electron chi connectivity index (χ4n) is 3.03. The zero-order chi connectivity index (χ0) is 17.1. The molecule has 1 fully saturated rings. The maximum atomic E-state index is 4.54. The van der Waals surface area contributed by atoms with Crippen LogP contribution in [0.5, 0.6) is 0 Å². The number of hydrogen-bond acceptors (Lipinski definition) is 4. The number of rotatable bonds is 6. The van der Waals surface area contributed by atoms with Crippen LogP contribution in [0.25, 0.3) is 16.8 Å². The number of nitrogens with one attached hydrogen (secondary N) is 1. The zero-order valence-corrected chi connectivity index (χ0v) is 14.5. The fraction of sp³-hybridized carbons (Fsp3) is 0.350. The molecule has 1 N–H and O–H groups in total. The molecular formula is C20H23N5. The van der Waals surface area contributed by atoms with Crippen molar-refractivity contribution in [2.75, 3.05) is 5.32 Å². The van der Waals surface area contributed by atoms with Gasteiger partial charge in [-0.3, -0.25) is 4.98 Å². The van der Waals surface area contributed by atoms with E-state index in [0.29, 0.717) is 6.04 Å². The molecule has 128 valence electrons. The van der Waals surface area contributed by atoms with Crippen molar-refractivity contribution >= 4 is 5.82 Å². The minimum Gasteiger partial charge on any atom is -0.367 e. The number of pyridine rings is 2. The first-order chi connectivity index (χ1) is 12.3. The molecule has 0 bridgehead atoms. The van der Waals surface area contributed by atoms with Gasteiger partial charge in [-0.05, 0) is 49.9 Å². The summed E-state index contributed by atoms with van der Waals surface area (Å²) >= 11 is 0. The summed E-state index contributed by atoms with van der Waals surface area (Å²) in [5.74, 6) is 0.958. The highest BCUT2D eigenvalue weighted by atomic mass is 15.3. The molecule has 0 radical (unpaired) electrons. The molecule has 3 aromatic heterocycles. The fourth-order valence-corrected chi connectivity index (χ4v) is 3.03. The van der Waals surface area contributed by atoms with Gasteiger partial charge in [0.1, 0.15) is 5.82 Å². The maximum Gasteiger partial charge on any atom is 0.126 e. The molecule has 1 saturated carbocycles. The molecule has 0 atom stereocenters. The van der Waals surface area contributed by atoms with E-state index in [2.05, 4.69) is 45.5 Å². The topological polar surface area (TPSA) is 55.6 Å². The molecule has 25 heavy (non-hydrogen) atoms. The largest absolute Gasteiger partial charge is 0.367 e. The molecule has 0 saturated heterocycles. The molecule has 0 unspecified atom stereocenters. The molecule has 0 aliphatic heterocycles. The van der Waals surface area contributed by atoms with Gasteiger partial charge in [-0.2, -0.15) is 5.10 Å². The van der Waals surface area contributed by atoms with Gasteiger partial charge in [0, 0.05) is 41.5 Å². The van der Waals surface area contributed by atoms with Gasteiger partial charge in [-0.25, -0.2) is 9.67 Å². The lowest BCUT2D eigenvalue weighted by Gasteiger charge is -2.26. The summed E-state index contributed by atoms with van der Waals surface area (Å²) < 4.78 is 1.90. The van der Waals surface area contributed by atoms with Gasteiger partial charge in [-0.1, -0.05) is 13.3 Å². The Morgan fingerprint density at radius 2 is 2.04 bits per heavy atom. The molecule has 0 aromatic carbocycles. The Kier molecular flexibility index (Phi) is 4.46. The molecule has 3 aromatic rings. The van der Waals surface area contributed by atoms with Crippen LogP contribution in [-0.4, -0.2) is 25.8 Å². The van der Waals surface area contributed by atoms with E-state index in [1.165, 1.54) is 19.3 Å². The Balaban J connectivity index is 1.51. The van der Waals surface area contributed by atoms with E-state index in [4.69, 9.17) is 0 Å². The highest BCUT2D eigenvalue weighted by Crippen LogP contribution is 2.24. The highest BCUT2D eigenvalue weighted by Gasteiger charge is 2.17. The minimum atomic E-state index is 0.602. The molecule has 0 spiro atoms. The third-order valence-corrected chi connectivity index (χ3v) is 4.71. The van der Waals surface area contributed by atoms with Crippen LogP contribution in [0.3, 0.4) is 0 Å². The van der Waals surface area contributed by atoms with E-state index in [9.17, 15) is 0 Å². The van der Waals surface area contributed by atoms with Crippen LogP contribution in [0.2, 0.25) is 0 Å². The lowest BCUT2D eigenvalue weighted by Crippen LogP contribution is -2.27. The summed E-state index contributed by atoms with van der Waals surface area (Å²) in [6.45, 7) is 2.16. The van der Waals surface area contributed by atoms with Crippen molar-refractivity contribution in [3.63, 3.8) is 0 Å². The monoisotopic (exact) mass is 333 g/mol. The van der Waals surface area contributed by atoms with Crippen molar-refractivity contribution in [3.05, 3.63) is 54.7 Å². The Bertz CT molecular complexity index is 833. The molecule has 3 heterocycles. The van der Waals surface area contributed by atoms with E-state index in [1.807, 2.05) is 35.5 Å². The van der Waals surface area contributed by atoms with Crippen molar-refractivity contribution in [2.24, 2.45) is 0 Å². The van der Waals surface area contributed by atoms with Crippen LogP contribution in [0, 0.1) is 0 Å². The summed E-state index contributed by atoms with van der Waals surface area (Å²) in [4.78, 5) is 8.95. The van der Waals surface area contributed by atoms with Crippen molar-refractivity contribution in [1.82, 2.24) is 19.7 Å². The zero-order valence-electron chi connectivity index (χ0n) is 14.5. The van der Waals surface area contributed by atoms with Gasteiger partial charge >= 0.3 is 0 Å². The lowest BCUT2D eigenvalue weighted by molar-refractivity contribution is 0.444. The molecule has 4 rings (SSSR count). The van der Waals surface area contributed by atoms with Crippen molar-refractivity contribution in [2.45, 2.75) is 45.1 Å². The standard InChI is InChI=1S/C20H23N5/c1-2-4-18-11-19(9-10-21-18)25-14-16(13-23-25)15-7-8-20(22-12-15)24-17-5-3-6-17/h7-14,17H,2-6H2,1H3,(H,22,24). The third-order valence-electron chi connectivity index (χ3n) is 4.71. The average molecular weight is 333 g/mol. The average Bonchev–Trinajstić information content (AvgIpc) is 3.09. The van der Waals surface area contributed by atoms with Crippen molar-refractivity contribution < 1.29 is 0 Å². The van der Waals surface area contributed by atoms with E-state index in [1.54, 1.807) is 0 Å². The summed E-state index contributed by atoms with van der Waals surface area (Å²) in [7, 11) is 0. The Morgan fingerprint density at radius 3 is 2.76 bits per heavy atom. The third kappa shape index (κ3) is 3.55. The smallest absolute Gasteiger partial charge is 0.126 e. The maximum absolute atomic E-state index is 4.54. The highest BCUT2D eigenvalue weighted by molar-refractivity contribution is 5.62. The molecule has 5 nitrogen and oxygen atoms in total. The SMILES string of the molecule is CCCc1cc(-n2cc(-c3ccc(NC4CCC4)nc3)cn2)ccn1. The van der Waals surface area contributed by atoms with Crippen molar-refractivity contribution in [1.29, 1.82) is 0 Å². The number of anilines is 1. The van der Waals surface area contributed by atoms with Gasteiger partial charge in [0.15, 0.2) is 0 Å². The van der Waals surface area contributed by atoms with Crippen LogP contribution in [-0.2, 0) is 6.42 Å². The predicted molar refractivity (Wildman–Crippen MR) is 99.8 cm³/mol. The number of aryl methyl sites for hydroxylation is 1. The number of nitrogens with zero attached hydrogens (tertiary/aromatic N) is 4. The van der Waals surface area contributed by atoms with Crippen LogP contribution in [0.15, 0.2) is 49.1 Å². The second-order valence-electron chi connectivity index (χ2n) is 6.63. The molecule has 0 amide bonds. The van der Waals surface area contributed by atoms with E-state index in [-0.39, 0.29) is 0 Å². The normalized spacial score (nSPS) is 14.3. The quantitative estimate of drug-likeness (QED) is 0.733. The van der Waals surface area contributed by atoms with Gasteiger partial charge in [-0.15, -0.1) is 0 Å². The van der Waals surface area contributed by atoms with Gasteiger partial charge in [0.25, 0.3) is 0 Å². The Hall–Kier alpha value is -2.69. The van der Waals surface area contributed by atoms with Gasteiger partial charge in [0.2, 0.25) is 0 Å². The Morgan fingerprint density at radius 1 is 1.12 bits per heavy atom. The van der Waals surface area contributed by atoms with Crippen LogP contribution in [0.4, 0.5) is 5.82 Å². The summed E-state index contributed by atoms with van der Waals surface area (Å²) in [5, 5.41) is 7.97. The summed E-state index contributed by atoms with van der Waals surface area (Å²) in [6, 6.07) is 8.84. The van der Waals surface area contributed by atoms with E-state index >= 15 is 0 Å². The molecule has 5 heteroatoms. The summed E-state index contributed by atoms with van der Waals surface area (Å²) in [5.41, 5.74) is 4.29. The van der Waals surface area contributed by atoms with Gasteiger partial charge in [0.05, 0.1) is 11.9 Å². The van der Waals surface area contributed by atoms with Crippen LogP contribution in [0.1, 0.15) is 38.3 Å². The lowest BCUT2D eigenvalue weighted by atomic mass is 9.93. The van der Waals surface area contributed by atoms with Crippen molar-refractivity contribution in [3.8, 4) is 16.8 Å². The molecule has 1 aliphatic rings. The predicted octanol–water partition coefficient (Wildman–Crippen LogP) is 4.25. The number of aromatic nitrogens is 4. The first-order valence-electron chi connectivity index (χ1n) is 9.05. The van der Waals surface area contributed by atoms with E-state index < -0.39 is 0 Å². The number of hydrogen-bond donors (Lipinski definition) is 1. The van der Waals surface area contributed by atoms with Crippen LogP contribution >= 0.6 is 0 Å². The second kappa shape index (κ2) is 7.05. The Labute approximate surface area is 148 Å². The van der Waals surface area contributed by atoms with Gasteiger partial charge < -0.3 is 5.32 Å². The second-order valence-corrected chi connectivity index (χ2v) is 6.63.